The van der Waals surface area contributed by atoms with Crippen LogP contribution < -0.4 is 15.8 Å². The van der Waals surface area contributed by atoms with Crippen LogP contribution >= 0.6 is 24.0 Å². The summed E-state index contributed by atoms with van der Waals surface area (Å²) < 4.78 is 4.98. The summed E-state index contributed by atoms with van der Waals surface area (Å²) >= 11 is 0. The number of aliphatic imine (C=N–C) groups is 1. The zero-order valence-electron chi connectivity index (χ0n) is 11.6. The van der Waals surface area contributed by atoms with Crippen molar-refractivity contribution < 1.29 is 9.84 Å². The minimum Gasteiger partial charge on any atom is -0.504 e. The molecule has 4 N–H and O–H groups in total. The van der Waals surface area contributed by atoms with Crippen molar-refractivity contribution in [3.8, 4) is 11.5 Å². The molecule has 0 aliphatic heterocycles. The summed E-state index contributed by atoms with van der Waals surface area (Å²) in [5.74, 6) is 0.856. The first-order chi connectivity index (χ1) is 9.69. The van der Waals surface area contributed by atoms with Gasteiger partial charge in [-0.3, -0.25) is 0 Å². The number of anilines is 1. The molecule has 2 aromatic rings. The summed E-state index contributed by atoms with van der Waals surface area (Å²) in [7, 11) is 1.51. The van der Waals surface area contributed by atoms with Gasteiger partial charge in [0.05, 0.1) is 13.7 Å². The minimum atomic E-state index is 0. The predicted octanol–water partition coefficient (Wildman–Crippen LogP) is 2.95. The van der Waals surface area contributed by atoms with Gasteiger partial charge in [0.15, 0.2) is 17.5 Å². The molecule has 0 aromatic heterocycles. The van der Waals surface area contributed by atoms with E-state index in [1.807, 2.05) is 36.4 Å². The molecule has 0 heterocycles. The topological polar surface area (TPSA) is 79.9 Å². The molecule has 112 valence electrons. The third kappa shape index (κ3) is 5.14. The van der Waals surface area contributed by atoms with Gasteiger partial charge in [-0.05, 0) is 29.8 Å². The van der Waals surface area contributed by atoms with Crippen LogP contribution in [0.1, 0.15) is 5.56 Å². The average Bonchev–Trinajstić information content (AvgIpc) is 2.46. The van der Waals surface area contributed by atoms with Crippen molar-refractivity contribution in [1.29, 1.82) is 0 Å². The number of rotatable bonds is 4. The molecule has 0 aliphatic rings. The summed E-state index contributed by atoms with van der Waals surface area (Å²) in [5.41, 5.74) is 7.53. The second kappa shape index (κ2) is 8.35. The number of nitrogens with two attached hydrogens (primary N) is 1. The molecule has 0 saturated heterocycles. The van der Waals surface area contributed by atoms with E-state index < -0.39 is 0 Å². The summed E-state index contributed by atoms with van der Waals surface area (Å²) in [6.45, 7) is 0.378. The highest BCUT2D eigenvalue weighted by Gasteiger charge is 2.02. The Balaban J connectivity index is 0.00000220. The molecule has 5 nitrogen and oxygen atoms in total. The van der Waals surface area contributed by atoms with Crippen molar-refractivity contribution >= 4 is 35.6 Å². The highest BCUT2D eigenvalue weighted by atomic mass is 127. The van der Waals surface area contributed by atoms with Gasteiger partial charge >= 0.3 is 0 Å². The molecule has 6 heteroatoms. The zero-order valence-corrected chi connectivity index (χ0v) is 13.9. The number of para-hydroxylation sites is 1. The molecule has 0 atom stereocenters. The lowest BCUT2D eigenvalue weighted by Gasteiger charge is -2.06. The van der Waals surface area contributed by atoms with Gasteiger partial charge in [0, 0.05) is 5.69 Å². The molecule has 0 bridgehead atoms. The predicted molar refractivity (Wildman–Crippen MR) is 95.5 cm³/mol. The lowest BCUT2D eigenvalue weighted by molar-refractivity contribution is 0.373. The van der Waals surface area contributed by atoms with E-state index in [4.69, 9.17) is 10.5 Å². The Morgan fingerprint density at radius 3 is 2.57 bits per heavy atom. The van der Waals surface area contributed by atoms with Gasteiger partial charge in [-0.15, -0.1) is 24.0 Å². The van der Waals surface area contributed by atoms with E-state index in [1.54, 1.807) is 12.1 Å². The Bertz CT molecular complexity index is 603. The summed E-state index contributed by atoms with van der Waals surface area (Å²) in [6, 6.07) is 14.7. The molecule has 2 rings (SSSR count). The van der Waals surface area contributed by atoms with E-state index in [0.29, 0.717) is 18.3 Å². The molecular formula is C15H18IN3O2. The van der Waals surface area contributed by atoms with Gasteiger partial charge < -0.3 is 20.9 Å². The van der Waals surface area contributed by atoms with Crippen LogP contribution in [-0.4, -0.2) is 18.2 Å². The fourth-order valence-corrected chi connectivity index (χ4v) is 1.72. The molecule has 0 unspecified atom stereocenters. The number of hydrogen-bond acceptors (Lipinski definition) is 3. The molecule has 2 aromatic carbocycles. The monoisotopic (exact) mass is 399 g/mol. The molecule has 21 heavy (non-hydrogen) atoms. The van der Waals surface area contributed by atoms with E-state index >= 15 is 0 Å². The van der Waals surface area contributed by atoms with Crippen LogP contribution in [0.4, 0.5) is 5.69 Å². The number of phenols is 1. The van der Waals surface area contributed by atoms with Crippen molar-refractivity contribution in [3.05, 3.63) is 54.1 Å². The fraction of sp³-hybridized carbons (Fsp3) is 0.133. The molecule has 0 aliphatic carbocycles. The molecule has 0 fully saturated rings. The smallest absolute Gasteiger partial charge is 0.193 e. The average molecular weight is 399 g/mol. The van der Waals surface area contributed by atoms with Crippen LogP contribution in [0.2, 0.25) is 0 Å². The Morgan fingerprint density at radius 2 is 1.95 bits per heavy atom. The first-order valence-corrected chi connectivity index (χ1v) is 6.17. The molecule has 0 saturated carbocycles. The van der Waals surface area contributed by atoms with Gasteiger partial charge in [-0.25, -0.2) is 4.99 Å². The van der Waals surface area contributed by atoms with Crippen molar-refractivity contribution in [2.75, 3.05) is 12.4 Å². The normalized spacial score (nSPS) is 10.6. The fourth-order valence-electron chi connectivity index (χ4n) is 1.72. The largest absolute Gasteiger partial charge is 0.504 e. The lowest BCUT2D eigenvalue weighted by Crippen LogP contribution is -2.22. The number of ether oxygens (including phenoxy) is 1. The van der Waals surface area contributed by atoms with Gasteiger partial charge in [0.1, 0.15) is 0 Å². The number of hydrogen-bond donors (Lipinski definition) is 3. The summed E-state index contributed by atoms with van der Waals surface area (Å²) in [4.78, 5) is 4.22. The maximum Gasteiger partial charge on any atom is 0.193 e. The minimum absolute atomic E-state index is 0. The number of methoxy groups -OCH3 is 1. The Morgan fingerprint density at radius 1 is 1.24 bits per heavy atom. The maximum atomic E-state index is 9.67. The first-order valence-electron chi connectivity index (χ1n) is 6.17. The first kappa shape index (κ1) is 17.1. The number of nitrogens with zero attached hydrogens (tertiary/aromatic N) is 1. The van der Waals surface area contributed by atoms with Crippen molar-refractivity contribution in [1.82, 2.24) is 0 Å². The van der Waals surface area contributed by atoms with Crippen molar-refractivity contribution in [2.45, 2.75) is 6.54 Å². The van der Waals surface area contributed by atoms with Crippen LogP contribution in [0.5, 0.6) is 11.5 Å². The third-order valence-corrected chi connectivity index (χ3v) is 2.72. The highest BCUT2D eigenvalue weighted by molar-refractivity contribution is 14.0. The van der Waals surface area contributed by atoms with E-state index in [2.05, 4.69) is 10.3 Å². The standard InChI is InChI=1S/C15H17N3O2.HI/c1-20-14-8-7-11(9-13(14)19)10-17-15(16)18-12-5-3-2-4-6-12;/h2-9,19H,10H2,1H3,(H3,16,17,18);1H. The Kier molecular flexibility index (Phi) is 6.80. The second-order valence-electron chi connectivity index (χ2n) is 4.20. The van der Waals surface area contributed by atoms with E-state index in [1.165, 1.54) is 7.11 Å². The number of benzene rings is 2. The zero-order chi connectivity index (χ0) is 14.4. The van der Waals surface area contributed by atoms with Crippen LogP contribution in [0.25, 0.3) is 0 Å². The Hall–Kier alpha value is -1.96. The van der Waals surface area contributed by atoms with Crippen LogP contribution in [0.15, 0.2) is 53.5 Å². The van der Waals surface area contributed by atoms with Crippen LogP contribution in [-0.2, 0) is 6.54 Å². The number of aromatic hydroxyl groups is 1. The number of halogens is 1. The molecule has 0 amide bonds. The van der Waals surface area contributed by atoms with Gasteiger partial charge in [0.25, 0.3) is 0 Å². The molecule has 0 radical (unpaired) electrons. The molecular weight excluding hydrogens is 381 g/mol. The highest BCUT2D eigenvalue weighted by Crippen LogP contribution is 2.26. The van der Waals surface area contributed by atoms with Crippen molar-refractivity contribution in [3.63, 3.8) is 0 Å². The number of guanidine groups is 1. The van der Waals surface area contributed by atoms with Crippen LogP contribution in [0.3, 0.4) is 0 Å². The second-order valence-corrected chi connectivity index (χ2v) is 4.20. The maximum absolute atomic E-state index is 9.67. The lowest BCUT2D eigenvalue weighted by atomic mass is 10.2. The third-order valence-electron chi connectivity index (χ3n) is 2.72. The number of nitrogens with one attached hydrogen (secondary N) is 1. The Labute approximate surface area is 140 Å². The SMILES string of the molecule is COc1ccc(CN=C(N)Nc2ccccc2)cc1O.I. The summed E-state index contributed by atoms with van der Waals surface area (Å²) in [6.07, 6.45) is 0. The van der Waals surface area contributed by atoms with Gasteiger partial charge in [-0.1, -0.05) is 24.3 Å². The van der Waals surface area contributed by atoms with E-state index in [9.17, 15) is 5.11 Å². The van der Waals surface area contributed by atoms with Crippen molar-refractivity contribution in [2.24, 2.45) is 10.7 Å². The quantitative estimate of drug-likeness (QED) is 0.420. The van der Waals surface area contributed by atoms with E-state index in [-0.39, 0.29) is 29.7 Å². The summed E-state index contributed by atoms with van der Waals surface area (Å²) in [5, 5.41) is 12.7. The van der Waals surface area contributed by atoms with Gasteiger partial charge in [-0.2, -0.15) is 0 Å². The number of phenolic OH excluding ortho intramolecular Hbond substituents is 1. The molecule has 0 spiro atoms. The van der Waals surface area contributed by atoms with Crippen LogP contribution in [0, 0.1) is 0 Å². The van der Waals surface area contributed by atoms with Gasteiger partial charge in [0.2, 0.25) is 0 Å². The van der Waals surface area contributed by atoms with E-state index in [0.717, 1.165) is 11.3 Å².